The van der Waals surface area contributed by atoms with E-state index in [1.807, 2.05) is 93.6 Å². The van der Waals surface area contributed by atoms with Crippen molar-refractivity contribution < 1.29 is 14.2 Å². The summed E-state index contributed by atoms with van der Waals surface area (Å²) in [5.41, 5.74) is 3.26. The number of ether oxygens (including phenoxy) is 3. The number of hydrogen-bond donors (Lipinski definition) is 0. The lowest BCUT2D eigenvalue weighted by atomic mass is 10.2. The zero-order chi connectivity index (χ0) is 20.9. The van der Waals surface area contributed by atoms with E-state index >= 15 is 0 Å². The van der Waals surface area contributed by atoms with Gasteiger partial charge in [-0.05, 0) is 68.3 Å². The Kier molecular flexibility index (Phi) is 5.57. The molecular weight excluding hydrogens is 378 g/mol. The van der Waals surface area contributed by atoms with Crippen LogP contribution in [0.5, 0.6) is 35.3 Å². The molecule has 0 saturated heterocycles. The van der Waals surface area contributed by atoms with Crippen LogP contribution in [-0.4, -0.2) is 15.0 Å². The molecule has 6 nitrogen and oxygen atoms in total. The van der Waals surface area contributed by atoms with Gasteiger partial charge in [0.1, 0.15) is 17.2 Å². The number of benzene rings is 3. The summed E-state index contributed by atoms with van der Waals surface area (Å²) in [5.74, 6) is 1.84. The van der Waals surface area contributed by atoms with Gasteiger partial charge in [-0.25, -0.2) is 0 Å². The van der Waals surface area contributed by atoms with Gasteiger partial charge in [0.25, 0.3) is 0 Å². The maximum absolute atomic E-state index is 5.84. The van der Waals surface area contributed by atoms with Crippen molar-refractivity contribution >= 4 is 0 Å². The first-order valence-corrected chi connectivity index (χ1v) is 9.53. The third-order valence-corrected chi connectivity index (χ3v) is 4.20. The lowest BCUT2D eigenvalue weighted by Gasteiger charge is -2.10. The molecule has 30 heavy (non-hydrogen) atoms. The molecule has 150 valence electrons. The highest BCUT2D eigenvalue weighted by atomic mass is 16.5. The summed E-state index contributed by atoms with van der Waals surface area (Å²) in [5, 5.41) is 0. The number of rotatable bonds is 6. The van der Waals surface area contributed by atoms with Gasteiger partial charge in [-0.2, -0.15) is 0 Å². The largest absolute Gasteiger partial charge is 0.424 e. The third-order valence-electron chi connectivity index (χ3n) is 4.20. The minimum Gasteiger partial charge on any atom is -0.424 e. The van der Waals surface area contributed by atoms with Crippen LogP contribution >= 0.6 is 0 Å². The van der Waals surface area contributed by atoms with Crippen LogP contribution in [-0.2, 0) is 0 Å². The number of hydrogen-bond acceptors (Lipinski definition) is 6. The van der Waals surface area contributed by atoms with Gasteiger partial charge in [-0.3, -0.25) is 0 Å². The Morgan fingerprint density at radius 2 is 0.900 bits per heavy atom. The maximum atomic E-state index is 5.84. The Balaban J connectivity index is 1.66. The molecule has 0 aliphatic rings. The third kappa shape index (κ3) is 5.11. The summed E-state index contributed by atoms with van der Waals surface area (Å²) in [6, 6.07) is 23.1. The van der Waals surface area contributed by atoms with Crippen molar-refractivity contribution in [3.05, 3.63) is 89.5 Å². The van der Waals surface area contributed by atoms with Gasteiger partial charge >= 0.3 is 18.0 Å². The number of nitrogens with zero attached hydrogens (tertiary/aromatic N) is 3. The van der Waals surface area contributed by atoms with E-state index in [0.717, 1.165) is 16.7 Å². The van der Waals surface area contributed by atoms with Crippen LogP contribution in [0.1, 0.15) is 16.7 Å². The smallest absolute Gasteiger partial charge is 0.331 e. The van der Waals surface area contributed by atoms with Crippen molar-refractivity contribution in [2.75, 3.05) is 0 Å². The fraction of sp³-hybridized carbons (Fsp3) is 0.125. The highest BCUT2D eigenvalue weighted by molar-refractivity contribution is 5.33. The fourth-order valence-electron chi connectivity index (χ4n) is 2.74. The summed E-state index contributed by atoms with van der Waals surface area (Å²) in [7, 11) is 0. The second kappa shape index (κ2) is 8.61. The molecule has 0 aliphatic carbocycles. The Hall–Kier alpha value is -3.93. The summed E-state index contributed by atoms with van der Waals surface area (Å²) < 4.78 is 17.5. The SMILES string of the molecule is Cc1ccc(Oc2nc(Oc3cccc(C)c3)nc(Oc3cccc(C)c3)n2)cc1. The Labute approximate surface area is 175 Å². The van der Waals surface area contributed by atoms with E-state index in [1.165, 1.54) is 0 Å². The van der Waals surface area contributed by atoms with E-state index in [1.54, 1.807) is 0 Å². The van der Waals surface area contributed by atoms with Crippen molar-refractivity contribution in [2.45, 2.75) is 20.8 Å². The Morgan fingerprint density at radius 1 is 0.467 bits per heavy atom. The standard InChI is InChI=1S/C24H21N3O3/c1-16-10-12-19(13-11-16)28-22-25-23(29-20-8-4-6-17(2)14-20)27-24(26-22)30-21-9-5-7-18(3)15-21/h4-15H,1-3H3. The van der Waals surface area contributed by atoms with E-state index < -0.39 is 0 Å². The predicted molar refractivity (Wildman–Crippen MR) is 114 cm³/mol. The minimum absolute atomic E-state index is 0.0826. The van der Waals surface area contributed by atoms with Crippen molar-refractivity contribution in [3.8, 4) is 35.3 Å². The van der Waals surface area contributed by atoms with Crippen molar-refractivity contribution in [3.63, 3.8) is 0 Å². The van der Waals surface area contributed by atoms with Crippen LogP contribution in [0.3, 0.4) is 0 Å². The molecule has 0 aliphatic heterocycles. The van der Waals surface area contributed by atoms with Crippen LogP contribution < -0.4 is 14.2 Å². The molecule has 0 saturated carbocycles. The predicted octanol–water partition coefficient (Wildman–Crippen LogP) is 6.17. The molecule has 0 atom stereocenters. The molecule has 4 aromatic rings. The molecule has 1 heterocycles. The molecular formula is C24H21N3O3. The van der Waals surface area contributed by atoms with E-state index in [0.29, 0.717) is 17.2 Å². The monoisotopic (exact) mass is 399 g/mol. The van der Waals surface area contributed by atoms with Crippen LogP contribution in [0.2, 0.25) is 0 Å². The van der Waals surface area contributed by atoms with E-state index in [2.05, 4.69) is 15.0 Å². The Morgan fingerprint density at radius 3 is 1.33 bits per heavy atom. The first-order chi connectivity index (χ1) is 14.5. The molecule has 4 rings (SSSR count). The molecule has 6 heteroatoms. The average Bonchev–Trinajstić information content (AvgIpc) is 2.70. The summed E-state index contributed by atoms with van der Waals surface area (Å²) in [6.07, 6.45) is 0. The second-order valence-corrected chi connectivity index (χ2v) is 6.94. The van der Waals surface area contributed by atoms with Gasteiger partial charge in [0.05, 0.1) is 0 Å². The van der Waals surface area contributed by atoms with E-state index in [-0.39, 0.29) is 18.0 Å². The van der Waals surface area contributed by atoms with Gasteiger partial charge in [-0.15, -0.1) is 15.0 Å². The zero-order valence-electron chi connectivity index (χ0n) is 17.0. The van der Waals surface area contributed by atoms with Gasteiger partial charge in [0, 0.05) is 0 Å². The van der Waals surface area contributed by atoms with Crippen LogP contribution in [0.4, 0.5) is 0 Å². The first kappa shape index (κ1) is 19.4. The molecule has 0 spiro atoms. The lowest BCUT2D eigenvalue weighted by molar-refractivity contribution is 0.362. The topological polar surface area (TPSA) is 66.4 Å². The highest BCUT2D eigenvalue weighted by Crippen LogP contribution is 2.27. The second-order valence-electron chi connectivity index (χ2n) is 6.94. The molecule has 0 bridgehead atoms. The molecule has 0 radical (unpaired) electrons. The quantitative estimate of drug-likeness (QED) is 0.386. The summed E-state index contributed by atoms with van der Waals surface area (Å²) >= 11 is 0. The molecule has 1 aromatic heterocycles. The van der Waals surface area contributed by atoms with Crippen LogP contribution in [0.15, 0.2) is 72.8 Å². The molecule has 0 fully saturated rings. The number of aromatic nitrogens is 3. The minimum atomic E-state index is 0.0826. The zero-order valence-corrected chi connectivity index (χ0v) is 17.0. The molecule has 0 N–H and O–H groups in total. The van der Waals surface area contributed by atoms with Gasteiger partial charge < -0.3 is 14.2 Å². The lowest BCUT2D eigenvalue weighted by Crippen LogP contribution is -2.01. The summed E-state index contributed by atoms with van der Waals surface area (Å²) in [6.45, 7) is 5.98. The van der Waals surface area contributed by atoms with Crippen LogP contribution in [0, 0.1) is 20.8 Å². The Bertz CT molecular complexity index is 1090. The van der Waals surface area contributed by atoms with Gasteiger partial charge in [0.2, 0.25) is 0 Å². The highest BCUT2D eigenvalue weighted by Gasteiger charge is 2.13. The van der Waals surface area contributed by atoms with Gasteiger partial charge in [-0.1, -0.05) is 42.0 Å². The molecule has 0 unspecified atom stereocenters. The molecule has 0 amide bonds. The van der Waals surface area contributed by atoms with Crippen molar-refractivity contribution in [1.82, 2.24) is 15.0 Å². The first-order valence-electron chi connectivity index (χ1n) is 9.53. The fourth-order valence-corrected chi connectivity index (χ4v) is 2.74. The maximum Gasteiger partial charge on any atom is 0.331 e. The van der Waals surface area contributed by atoms with Gasteiger partial charge in [0.15, 0.2) is 0 Å². The summed E-state index contributed by atoms with van der Waals surface area (Å²) in [4.78, 5) is 12.9. The molecule has 3 aromatic carbocycles. The normalized spacial score (nSPS) is 10.5. The average molecular weight is 399 g/mol. The van der Waals surface area contributed by atoms with E-state index in [9.17, 15) is 0 Å². The van der Waals surface area contributed by atoms with Crippen molar-refractivity contribution in [1.29, 1.82) is 0 Å². The number of aryl methyl sites for hydroxylation is 3. The van der Waals surface area contributed by atoms with E-state index in [4.69, 9.17) is 14.2 Å². The van der Waals surface area contributed by atoms with Crippen LogP contribution in [0.25, 0.3) is 0 Å². The van der Waals surface area contributed by atoms with Crippen molar-refractivity contribution in [2.24, 2.45) is 0 Å².